The van der Waals surface area contributed by atoms with Crippen molar-refractivity contribution in [2.75, 3.05) is 38.6 Å². The number of hydrogen-bond donors (Lipinski definition) is 2. The molecule has 2 aromatic heterocycles. The molecule has 8 heteroatoms. The third kappa shape index (κ3) is 3.45. The van der Waals surface area contributed by atoms with Crippen molar-refractivity contribution >= 4 is 11.7 Å². The number of hydrogen-bond acceptors (Lipinski definition) is 5. The van der Waals surface area contributed by atoms with Crippen molar-refractivity contribution < 1.29 is 14.0 Å². The molecule has 7 nitrogen and oxygen atoms in total. The highest BCUT2D eigenvalue weighted by Crippen LogP contribution is 2.23. The first-order valence-electron chi connectivity index (χ1n) is 8.38. The first-order chi connectivity index (χ1) is 12.2. The van der Waals surface area contributed by atoms with Gasteiger partial charge in [-0.2, -0.15) is 4.98 Å². The van der Waals surface area contributed by atoms with Gasteiger partial charge in [-0.05, 0) is 24.3 Å². The summed E-state index contributed by atoms with van der Waals surface area (Å²) in [6, 6.07) is 6.35. The molecule has 0 spiro atoms. The average Bonchev–Trinajstić information content (AvgIpc) is 3.00. The van der Waals surface area contributed by atoms with Crippen LogP contribution in [0.4, 0.5) is 10.3 Å². The fourth-order valence-electron chi connectivity index (χ4n) is 3.14. The highest BCUT2D eigenvalue weighted by atomic mass is 19.1. The van der Waals surface area contributed by atoms with Gasteiger partial charge in [0, 0.05) is 23.7 Å². The van der Waals surface area contributed by atoms with Crippen molar-refractivity contribution in [3.05, 3.63) is 41.8 Å². The number of nitrogens with one attached hydrogen (secondary N) is 1. The number of aromatic nitrogens is 4. The second-order valence-corrected chi connectivity index (χ2v) is 6.20. The Bertz CT molecular complexity index is 873. The normalized spacial score (nSPS) is 15.7. The van der Waals surface area contributed by atoms with Crippen molar-refractivity contribution in [3.63, 3.8) is 0 Å². The van der Waals surface area contributed by atoms with E-state index >= 15 is 0 Å². The fourth-order valence-corrected chi connectivity index (χ4v) is 3.14. The average molecular weight is 343 g/mol. The molecule has 0 saturated carbocycles. The molecule has 0 aliphatic carbocycles. The van der Waals surface area contributed by atoms with E-state index in [-0.39, 0.29) is 11.8 Å². The lowest BCUT2D eigenvalue weighted by Crippen LogP contribution is -3.14. The quantitative estimate of drug-likeness (QED) is 0.695. The van der Waals surface area contributed by atoms with Crippen LogP contribution >= 0.6 is 0 Å². The number of benzene rings is 1. The van der Waals surface area contributed by atoms with Gasteiger partial charge in [-0.15, -0.1) is 5.10 Å². The molecule has 130 valence electrons. The van der Waals surface area contributed by atoms with E-state index in [1.165, 1.54) is 17.0 Å². The SMILES string of the molecule is Nc1nc2nc(-c3ccc(F)cc3)c(CC[NH+]3CCOCC3)cn2n1. The highest BCUT2D eigenvalue weighted by molar-refractivity contribution is 5.64. The van der Waals surface area contributed by atoms with E-state index < -0.39 is 0 Å². The van der Waals surface area contributed by atoms with E-state index in [0.29, 0.717) is 5.78 Å². The van der Waals surface area contributed by atoms with Crippen LogP contribution in [0.2, 0.25) is 0 Å². The van der Waals surface area contributed by atoms with Crippen LogP contribution < -0.4 is 10.6 Å². The molecule has 0 radical (unpaired) electrons. The van der Waals surface area contributed by atoms with E-state index in [2.05, 4.69) is 15.1 Å². The number of rotatable bonds is 4. The number of fused-ring (bicyclic) bond motifs is 1. The number of morpholine rings is 1. The van der Waals surface area contributed by atoms with Crippen molar-refractivity contribution in [2.45, 2.75) is 6.42 Å². The lowest BCUT2D eigenvalue weighted by molar-refractivity contribution is -0.907. The number of nitrogens with zero attached hydrogens (tertiary/aromatic N) is 4. The molecule has 25 heavy (non-hydrogen) atoms. The summed E-state index contributed by atoms with van der Waals surface area (Å²) in [5.74, 6) is 0.365. The smallest absolute Gasteiger partial charge is 0.254 e. The third-order valence-corrected chi connectivity index (χ3v) is 4.49. The van der Waals surface area contributed by atoms with Crippen LogP contribution in [0.15, 0.2) is 30.5 Å². The Kier molecular flexibility index (Phi) is 4.29. The summed E-state index contributed by atoms with van der Waals surface area (Å²) in [4.78, 5) is 10.3. The number of ether oxygens (including phenoxy) is 1. The van der Waals surface area contributed by atoms with Gasteiger partial charge in [0.05, 0.1) is 25.5 Å². The monoisotopic (exact) mass is 343 g/mol. The molecule has 0 atom stereocenters. The minimum atomic E-state index is -0.268. The van der Waals surface area contributed by atoms with E-state index in [4.69, 9.17) is 10.5 Å². The Morgan fingerprint density at radius 1 is 1.16 bits per heavy atom. The van der Waals surface area contributed by atoms with Crippen LogP contribution in [0.1, 0.15) is 5.56 Å². The maximum atomic E-state index is 13.3. The van der Waals surface area contributed by atoms with Crippen molar-refractivity contribution in [1.29, 1.82) is 0 Å². The Hall–Kier alpha value is -2.58. The van der Waals surface area contributed by atoms with Gasteiger partial charge in [-0.1, -0.05) is 0 Å². The van der Waals surface area contributed by atoms with Gasteiger partial charge < -0.3 is 15.4 Å². The summed E-state index contributed by atoms with van der Waals surface area (Å²) in [6.45, 7) is 4.61. The molecule has 1 aliphatic heterocycles. The molecular weight excluding hydrogens is 323 g/mol. The Labute approximate surface area is 144 Å². The second-order valence-electron chi connectivity index (χ2n) is 6.20. The van der Waals surface area contributed by atoms with E-state index in [0.717, 1.165) is 56.1 Å². The lowest BCUT2D eigenvalue weighted by Gasteiger charge is -2.24. The first kappa shape index (κ1) is 15.9. The molecule has 3 heterocycles. The number of halogens is 1. The van der Waals surface area contributed by atoms with Gasteiger partial charge in [0.2, 0.25) is 5.95 Å². The molecule has 3 aromatic rings. The van der Waals surface area contributed by atoms with Crippen LogP contribution in [0.25, 0.3) is 17.0 Å². The minimum absolute atomic E-state index is 0.188. The van der Waals surface area contributed by atoms with Crippen LogP contribution in [-0.4, -0.2) is 52.4 Å². The molecule has 0 bridgehead atoms. The summed E-state index contributed by atoms with van der Waals surface area (Å²) >= 11 is 0. The largest absolute Gasteiger partial charge is 0.370 e. The van der Waals surface area contributed by atoms with Crippen LogP contribution in [-0.2, 0) is 11.2 Å². The van der Waals surface area contributed by atoms with E-state index in [1.807, 2.05) is 6.20 Å². The van der Waals surface area contributed by atoms with Gasteiger partial charge in [0.15, 0.2) is 0 Å². The Balaban J connectivity index is 1.68. The van der Waals surface area contributed by atoms with E-state index in [9.17, 15) is 4.39 Å². The summed E-state index contributed by atoms with van der Waals surface area (Å²) in [5, 5.41) is 4.15. The summed E-state index contributed by atoms with van der Waals surface area (Å²) in [7, 11) is 0. The number of anilines is 1. The number of quaternary nitrogens is 1. The molecule has 1 aliphatic rings. The maximum Gasteiger partial charge on any atom is 0.254 e. The van der Waals surface area contributed by atoms with Crippen molar-refractivity contribution in [1.82, 2.24) is 19.6 Å². The zero-order valence-corrected chi connectivity index (χ0v) is 13.8. The van der Waals surface area contributed by atoms with Crippen LogP contribution in [0, 0.1) is 5.82 Å². The Morgan fingerprint density at radius 3 is 2.68 bits per heavy atom. The third-order valence-electron chi connectivity index (χ3n) is 4.49. The fraction of sp³-hybridized carbons (Fsp3) is 0.353. The first-order valence-corrected chi connectivity index (χ1v) is 8.38. The number of nitrogens with two attached hydrogens (primary N) is 1. The van der Waals surface area contributed by atoms with Gasteiger partial charge in [-0.3, -0.25) is 0 Å². The molecule has 4 rings (SSSR count). The number of nitrogen functional groups attached to an aromatic ring is 1. The molecule has 0 unspecified atom stereocenters. The second kappa shape index (κ2) is 6.73. The maximum absolute atomic E-state index is 13.3. The summed E-state index contributed by atoms with van der Waals surface area (Å²) < 4.78 is 20.3. The molecule has 1 aromatic carbocycles. The zero-order valence-electron chi connectivity index (χ0n) is 13.8. The standard InChI is InChI=1S/C17H19FN6O/c18-14-3-1-12(2-4-14)15-13(5-6-23-7-9-25-10-8-23)11-24-17(20-15)21-16(19)22-24/h1-4,11H,5-10H2,(H2,19,22)/p+1. The van der Waals surface area contributed by atoms with Crippen molar-refractivity contribution in [3.8, 4) is 11.3 Å². The highest BCUT2D eigenvalue weighted by Gasteiger charge is 2.17. The van der Waals surface area contributed by atoms with Crippen LogP contribution in [0.3, 0.4) is 0 Å². The summed E-state index contributed by atoms with van der Waals surface area (Å²) in [6.07, 6.45) is 2.76. The molecule has 1 fully saturated rings. The molecule has 3 N–H and O–H groups in total. The predicted molar refractivity (Wildman–Crippen MR) is 90.7 cm³/mol. The molecule has 0 amide bonds. The van der Waals surface area contributed by atoms with Gasteiger partial charge in [0.25, 0.3) is 5.78 Å². The molecular formula is C17H20FN6O+. The Morgan fingerprint density at radius 2 is 1.92 bits per heavy atom. The topological polar surface area (TPSA) is 82.8 Å². The van der Waals surface area contributed by atoms with E-state index in [1.54, 1.807) is 16.6 Å². The van der Waals surface area contributed by atoms with Gasteiger partial charge in [0.1, 0.15) is 18.9 Å². The predicted octanol–water partition coefficient (Wildman–Crippen LogP) is -0.0298. The van der Waals surface area contributed by atoms with Gasteiger partial charge >= 0.3 is 0 Å². The van der Waals surface area contributed by atoms with Gasteiger partial charge in [-0.25, -0.2) is 13.9 Å². The van der Waals surface area contributed by atoms with Crippen LogP contribution in [0.5, 0.6) is 0 Å². The minimum Gasteiger partial charge on any atom is -0.370 e. The summed E-state index contributed by atoms with van der Waals surface area (Å²) in [5.41, 5.74) is 8.39. The molecule has 1 saturated heterocycles. The lowest BCUT2D eigenvalue weighted by atomic mass is 10.0. The zero-order chi connectivity index (χ0) is 17.2. The van der Waals surface area contributed by atoms with Crippen molar-refractivity contribution in [2.24, 2.45) is 0 Å².